The summed E-state index contributed by atoms with van der Waals surface area (Å²) in [5.41, 5.74) is 2.25. The first-order valence-corrected chi connectivity index (χ1v) is 6.65. The number of aliphatic imine (C=N–C) groups is 1. The maximum atomic E-state index is 10.3. The van der Waals surface area contributed by atoms with E-state index in [1.807, 2.05) is 56.3 Å². The zero-order valence-electron chi connectivity index (χ0n) is 11.7. The topological polar surface area (TPSA) is 52.8 Å². The predicted molar refractivity (Wildman–Crippen MR) is 81.2 cm³/mol. The van der Waals surface area contributed by atoms with Crippen molar-refractivity contribution in [1.82, 2.24) is 0 Å². The number of aromatic hydroxyl groups is 1. The van der Waals surface area contributed by atoms with Crippen LogP contribution in [-0.2, 0) is 0 Å². The van der Waals surface area contributed by atoms with Crippen molar-refractivity contribution < 1.29 is 10.2 Å². The van der Waals surface area contributed by atoms with E-state index in [9.17, 15) is 10.2 Å². The minimum Gasteiger partial charge on any atom is -0.507 e. The summed E-state index contributed by atoms with van der Waals surface area (Å²) in [6.07, 6.45) is -0.656. The highest BCUT2D eigenvalue weighted by molar-refractivity contribution is 6.01. The summed E-state index contributed by atoms with van der Waals surface area (Å²) in [6.45, 7) is 3.70. The lowest BCUT2D eigenvalue weighted by molar-refractivity contribution is 0.154. The third-order valence-corrected chi connectivity index (χ3v) is 3.29. The minimum atomic E-state index is -0.656. The first-order chi connectivity index (χ1) is 9.59. The van der Waals surface area contributed by atoms with Crippen molar-refractivity contribution in [3.63, 3.8) is 0 Å². The highest BCUT2D eigenvalue weighted by atomic mass is 16.3. The number of nitrogens with zero attached hydrogens (tertiary/aromatic N) is 1. The molecule has 0 saturated carbocycles. The first-order valence-electron chi connectivity index (χ1n) is 6.65. The molecule has 0 aliphatic heterocycles. The van der Waals surface area contributed by atoms with Crippen LogP contribution in [0.4, 0.5) is 0 Å². The molecule has 2 aromatic rings. The molecule has 0 spiro atoms. The third kappa shape index (κ3) is 3.25. The van der Waals surface area contributed by atoms with Gasteiger partial charge in [-0.1, -0.05) is 42.5 Å². The maximum absolute atomic E-state index is 10.3. The molecule has 3 nitrogen and oxygen atoms in total. The standard InChI is InChI=1S/C17H19NO2/c1-12(15-10-6-7-11-16(15)19)18-13(2)17(20)14-8-4-3-5-9-14/h3-11,13,17,19-20H,1-2H3/t13-,17-/m0/s1. The van der Waals surface area contributed by atoms with Gasteiger partial charge < -0.3 is 10.2 Å². The average Bonchev–Trinajstić information content (AvgIpc) is 2.47. The molecule has 2 atom stereocenters. The molecular formula is C17H19NO2. The normalized spacial score (nSPS) is 14.8. The quantitative estimate of drug-likeness (QED) is 0.836. The Balaban J connectivity index is 2.20. The van der Waals surface area contributed by atoms with Gasteiger partial charge in [-0.2, -0.15) is 0 Å². The van der Waals surface area contributed by atoms with Gasteiger partial charge in [-0.25, -0.2) is 0 Å². The second-order valence-corrected chi connectivity index (χ2v) is 4.83. The van der Waals surface area contributed by atoms with Crippen LogP contribution in [0.3, 0.4) is 0 Å². The number of benzene rings is 2. The van der Waals surface area contributed by atoms with E-state index in [1.54, 1.807) is 12.1 Å². The summed E-state index contributed by atoms with van der Waals surface area (Å²) in [7, 11) is 0. The molecule has 3 heteroatoms. The lowest BCUT2D eigenvalue weighted by Gasteiger charge is -2.17. The molecule has 0 aliphatic carbocycles. The van der Waals surface area contributed by atoms with Crippen LogP contribution >= 0.6 is 0 Å². The number of phenolic OH excluding ortho intramolecular Hbond substituents is 1. The van der Waals surface area contributed by atoms with Gasteiger partial charge in [0.05, 0.1) is 6.04 Å². The lowest BCUT2D eigenvalue weighted by atomic mass is 10.0. The summed E-state index contributed by atoms with van der Waals surface area (Å²) < 4.78 is 0. The van der Waals surface area contributed by atoms with Crippen molar-refractivity contribution in [2.75, 3.05) is 0 Å². The van der Waals surface area contributed by atoms with Crippen LogP contribution in [0.2, 0.25) is 0 Å². The van der Waals surface area contributed by atoms with Crippen LogP contribution in [0.5, 0.6) is 5.75 Å². The molecule has 20 heavy (non-hydrogen) atoms. The van der Waals surface area contributed by atoms with Crippen LogP contribution < -0.4 is 0 Å². The first kappa shape index (κ1) is 14.3. The Kier molecular flexibility index (Phi) is 4.53. The Morgan fingerprint density at radius 2 is 1.60 bits per heavy atom. The van der Waals surface area contributed by atoms with Crippen molar-refractivity contribution in [2.24, 2.45) is 4.99 Å². The molecule has 0 amide bonds. The molecule has 0 aliphatic rings. The van der Waals surface area contributed by atoms with Gasteiger partial charge in [0.1, 0.15) is 11.9 Å². The van der Waals surface area contributed by atoms with Crippen LogP contribution in [0.15, 0.2) is 59.6 Å². The zero-order chi connectivity index (χ0) is 14.5. The minimum absolute atomic E-state index is 0.204. The van der Waals surface area contributed by atoms with E-state index in [0.29, 0.717) is 11.3 Å². The third-order valence-electron chi connectivity index (χ3n) is 3.29. The molecule has 0 fully saturated rings. The molecule has 2 aromatic carbocycles. The van der Waals surface area contributed by atoms with E-state index < -0.39 is 6.10 Å². The van der Waals surface area contributed by atoms with Gasteiger partial charge in [0, 0.05) is 11.3 Å². The maximum Gasteiger partial charge on any atom is 0.124 e. The van der Waals surface area contributed by atoms with Crippen molar-refractivity contribution in [2.45, 2.75) is 26.0 Å². The molecule has 2 N–H and O–H groups in total. The molecule has 0 aromatic heterocycles. The van der Waals surface area contributed by atoms with Crippen molar-refractivity contribution >= 4 is 5.71 Å². The summed E-state index contributed by atoms with van der Waals surface area (Å²) in [5.74, 6) is 0.204. The Bertz CT molecular complexity index is 593. The van der Waals surface area contributed by atoms with Gasteiger partial charge >= 0.3 is 0 Å². The molecule has 0 heterocycles. The summed E-state index contributed by atoms with van der Waals surface area (Å²) >= 11 is 0. The van der Waals surface area contributed by atoms with E-state index in [-0.39, 0.29) is 11.8 Å². The van der Waals surface area contributed by atoms with E-state index in [0.717, 1.165) is 5.56 Å². The second-order valence-electron chi connectivity index (χ2n) is 4.83. The number of para-hydroxylation sites is 1. The second kappa shape index (κ2) is 6.35. The van der Waals surface area contributed by atoms with Crippen LogP contribution in [-0.4, -0.2) is 22.0 Å². The number of aliphatic hydroxyl groups excluding tert-OH is 1. The molecule has 0 saturated heterocycles. The highest BCUT2D eigenvalue weighted by Crippen LogP contribution is 2.21. The summed E-state index contributed by atoms with van der Waals surface area (Å²) in [5, 5.41) is 20.1. The zero-order valence-corrected chi connectivity index (χ0v) is 11.7. The van der Waals surface area contributed by atoms with E-state index in [2.05, 4.69) is 4.99 Å². The largest absolute Gasteiger partial charge is 0.507 e. The molecule has 104 valence electrons. The molecule has 2 rings (SSSR count). The number of hydrogen-bond acceptors (Lipinski definition) is 3. The summed E-state index contributed by atoms with van der Waals surface area (Å²) in [6, 6.07) is 16.3. The fraction of sp³-hybridized carbons (Fsp3) is 0.235. The Labute approximate surface area is 119 Å². The van der Waals surface area contributed by atoms with Gasteiger partial charge in [0.25, 0.3) is 0 Å². The van der Waals surface area contributed by atoms with E-state index >= 15 is 0 Å². The number of phenols is 1. The van der Waals surface area contributed by atoms with Crippen molar-refractivity contribution in [3.8, 4) is 5.75 Å². The van der Waals surface area contributed by atoms with Crippen LogP contribution in [0.25, 0.3) is 0 Å². The van der Waals surface area contributed by atoms with Crippen LogP contribution in [0, 0.1) is 0 Å². The van der Waals surface area contributed by atoms with Crippen LogP contribution in [0.1, 0.15) is 31.1 Å². The van der Waals surface area contributed by atoms with E-state index in [1.165, 1.54) is 0 Å². The molecule has 0 bridgehead atoms. The predicted octanol–water partition coefficient (Wildman–Crippen LogP) is 3.32. The summed E-state index contributed by atoms with van der Waals surface area (Å²) in [4.78, 5) is 4.49. The van der Waals surface area contributed by atoms with Gasteiger partial charge in [0.2, 0.25) is 0 Å². The number of aliphatic hydroxyl groups is 1. The lowest BCUT2D eigenvalue weighted by Crippen LogP contribution is -2.14. The van der Waals surface area contributed by atoms with Gasteiger partial charge in [-0.3, -0.25) is 4.99 Å². The Morgan fingerprint density at radius 1 is 1.00 bits per heavy atom. The number of rotatable bonds is 4. The smallest absolute Gasteiger partial charge is 0.124 e. The Morgan fingerprint density at radius 3 is 2.25 bits per heavy atom. The van der Waals surface area contributed by atoms with Gasteiger partial charge in [-0.15, -0.1) is 0 Å². The molecule has 0 unspecified atom stereocenters. The van der Waals surface area contributed by atoms with Gasteiger partial charge in [0.15, 0.2) is 0 Å². The average molecular weight is 269 g/mol. The van der Waals surface area contributed by atoms with Gasteiger partial charge in [-0.05, 0) is 31.5 Å². The highest BCUT2D eigenvalue weighted by Gasteiger charge is 2.16. The van der Waals surface area contributed by atoms with Crippen molar-refractivity contribution in [1.29, 1.82) is 0 Å². The van der Waals surface area contributed by atoms with Crippen molar-refractivity contribution in [3.05, 3.63) is 65.7 Å². The number of hydrogen-bond donors (Lipinski definition) is 2. The molecule has 0 radical (unpaired) electrons. The van der Waals surface area contributed by atoms with E-state index in [4.69, 9.17) is 0 Å². The fourth-order valence-electron chi connectivity index (χ4n) is 2.15. The Hall–Kier alpha value is -2.13. The monoisotopic (exact) mass is 269 g/mol. The fourth-order valence-corrected chi connectivity index (χ4v) is 2.15. The SMILES string of the molecule is CC(=N[C@@H](C)[C@H](O)c1ccccc1)c1ccccc1O. The molecular weight excluding hydrogens is 250 g/mol.